The highest BCUT2D eigenvalue weighted by Gasteiger charge is 2.16. The second-order valence-electron chi connectivity index (χ2n) is 7.50. The van der Waals surface area contributed by atoms with Crippen LogP contribution in [-0.4, -0.2) is 28.2 Å². The average Bonchev–Trinajstić information content (AvgIpc) is 3.20. The molecule has 0 radical (unpaired) electrons. The predicted molar refractivity (Wildman–Crippen MR) is 125 cm³/mol. The fraction of sp³-hybridized carbons (Fsp3) is 0.167. The number of carbonyl (C=O) groups excluding carboxylic acids is 2. The molecule has 0 aliphatic heterocycles. The van der Waals surface area contributed by atoms with Gasteiger partial charge in [-0.15, -0.1) is 0 Å². The highest BCUT2D eigenvalue weighted by atomic mass is 32.1. The van der Waals surface area contributed by atoms with Crippen molar-refractivity contribution >= 4 is 44.7 Å². The van der Waals surface area contributed by atoms with Gasteiger partial charge in [-0.05, 0) is 53.4 Å². The minimum absolute atomic E-state index is 0.0480. The maximum absolute atomic E-state index is 12.4. The third kappa shape index (κ3) is 4.78. The van der Waals surface area contributed by atoms with Crippen molar-refractivity contribution in [3.63, 3.8) is 0 Å². The standard InChI is InChI=1S/C24H22N4O2S/c1-15(2)20(14-29)27-23(30)18-7-5-16(6-8-18)17-9-11-19(12-10-17)26-24-28-22-21(31-24)4-3-13-25-22/h3-15,20H,1-2H3,(H,27,30)(H,25,26,28)/t20-/m1/s1. The van der Waals surface area contributed by atoms with Crippen molar-refractivity contribution in [2.24, 2.45) is 5.92 Å². The number of pyridine rings is 1. The van der Waals surface area contributed by atoms with Gasteiger partial charge < -0.3 is 15.4 Å². The molecule has 156 valence electrons. The first-order valence-corrected chi connectivity index (χ1v) is 10.8. The number of amides is 1. The number of fused-ring (bicyclic) bond motifs is 1. The fourth-order valence-corrected chi connectivity index (χ4v) is 3.94. The van der Waals surface area contributed by atoms with Crippen LogP contribution in [0.2, 0.25) is 0 Å². The van der Waals surface area contributed by atoms with Gasteiger partial charge in [0.25, 0.3) is 5.91 Å². The van der Waals surface area contributed by atoms with E-state index in [0.717, 1.165) is 38.6 Å². The molecule has 0 saturated carbocycles. The maximum atomic E-state index is 12.4. The third-order valence-electron chi connectivity index (χ3n) is 4.94. The monoisotopic (exact) mass is 430 g/mol. The Balaban J connectivity index is 1.44. The highest BCUT2D eigenvalue weighted by molar-refractivity contribution is 7.22. The van der Waals surface area contributed by atoms with Gasteiger partial charge in [-0.1, -0.05) is 49.4 Å². The molecule has 0 fully saturated rings. The number of nitrogens with zero attached hydrogens (tertiary/aromatic N) is 2. The summed E-state index contributed by atoms with van der Waals surface area (Å²) < 4.78 is 1.04. The minimum atomic E-state index is -0.488. The van der Waals surface area contributed by atoms with Gasteiger partial charge in [-0.2, -0.15) is 4.98 Å². The van der Waals surface area contributed by atoms with Crippen molar-refractivity contribution in [1.82, 2.24) is 15.3 Å². The van der Waals surface area contributed by atoms with Crippen LogP contribution in [0, 0.1) is 5.92 Å². The van der Waals surface area contributed by atoms with E-state index in [1.807, 2.05) is 62.4 Å². The zero-order valence-electron chi connectivity index (χ0n) is 17.2. The van der Waals surface area contributed by atoms with Crippen molar-refractivity contribution in [2.75, 3.05) is 5.32 Å². The van der Waals surface area contributed by atoms with Crippen LogP contribution in [0.4, 0.5) is 10.8 Å². The van der Waals surface area contributed by atoms with Gasteiger partial charge in [0.1, 0.15) is 6.29 Å². The van der Waals surface area contributed by atoms with Crippen molar-refractivity contribution < 1.29 is 9.59 Å². The summed E-state index contributed by atoms with van der Waals surface area (Å²) in [6, 6.07) is 18.8. The Hall–Kier alpha value is -3.58. The summed E-state index contributed by atoms with van der Waals surface area (Å²) in [6.07, 6.45) is 2.51. The van der Waals surface area contributed by atoms with Gasteiger partial charge in [0.2, 0.25) is 0 Å². The molecule has 4 aromatic rings. The normalized spacial score (nSPS) is 12.0. The SMILES string of the molecule is CC(C)[C@@H](C=O)NC(=O)c1ccc(-c2ccc(Nc3nc4ncccc4s3)cc2)cc1. The Morgan fingerprint density at radius 2 is 1.68 bits per heavy atom. The summed E-state index contributed by atoms with van der Waals surface area (Å²) in [7, 11) is 0. The molecule has 1 amide bonds. The number of rotatable bonds is 7. The summed E-state index contributed by atoms with van der Waals surface area (Å²) in [5, 5.41) is 6.87. The molecule has 2 heterocycles. The van der Waals surface area contributed by atoms with Gasteiger partial charge >= 0.3 is 0 Å². The highest BCUT2D eigenvalue weighted by Crippen LogP contribution is 2.28. The topological polar surface area (TPSA) is 84.0 Å². The van der Waals surface area contributed by atoms with Crippen LogP contribution in [0.15, 0.2) is 66.9 Å². The van der Waals surface area contributed by atoms with Gasteiger partial charge in [-0.25, -0.2) is 4.98 Å². The molecular weight excluding hydrogens is 408 g/mol. The molecule has 6 nitrogen and oxygen atoms in total. The van der Waals surface area contributed by atoms with E-state index in [0.29, 0.717) is 5.56 Å². The van der Waals surface area contributed by atoms with E-state index in [-0.39, 0.29) is 11.8 Å². The lowest BCUT2D eigenvalue weighted by atomic mass is 10.0. The number of nitrogens with one attached hydrogen (secondary N) is 2. The number of anilines is 2. The Kier molecular flexibility index (Phi) is 6.04. The molecule has 0 bridgehead atoms. The fourth-order valence-electron chi connectivity index (χ4n) is 3.10. The Labute approximate surface area is 184 Å². The average molecular weight is 431 g/mol. The lowest BCUT2D eigenvalue weighted by Crippen LogP contribution is -2.39. The second-order valence-corrected chi connectivity index (χ2v) is 8.53. The predicted octanol–water partition coefficient (Wildman–Crippen LogP) is 5.06. The molecule has 2 aromatic carbocycles. The van der Waals surface area contributed by atoms with Crippen molar-refractivity contribution in [3.8, 4) is 11.1 Å². The Morgan fingerprint density at radius 3 is 2.29 bits per heavy atom. The molecule has 2 aromatic heterocycles. The van der Waals surface area contributed by atoms with Crippen LogP contribution in [0.3, 0.4) is 0 Å². The molecule has 4 rings (SSSR count). The first-order valence-electron chi connectivity index (χ1n) is 9.99. The lowest BCUT2D eigenvalue weighted by Gasteiger charge is -2.16. The number of aromatic nitrogens is 2. The summed E-state index contributed by atoms with van der Waals surface area (Å²) in [4.78, 5) is 32.2. The molecule has 0 aliphatic carbocycles. The lowest BCUT2D eigenvalue weighted by molar-refractivity contribution is -0.110. The van der Waals surface area contributed by atoms with Gasteiger partial charge in [0.15, 0.2) is 10.8 Å². The summed E-state index contributed by atoms with van der Waals surface area (Å²) in [5.41, 5.74) is 4.24. The summed E-state index contributed by atoms with van der Waals surface area (Å²) >= 11 is 1.56. The second kappa shape index (κ2) is 9.06. The molecular formula is C24H22N4O2S. The van der Waals surface area contributed by atoms with Crippen molar-refractivity contribution in [2.45, 2.75) is 19.9 Å². The van der Waals surface area contributed by atoms with Crippen LogP contribution in [0.25, 0.3) is 21.5 Å². The van der Waals surface area contributed by atoms with Gasteiger partial charge in [0.05, 0.1) is 10.7 Å². The van der Waals surface area contributed by atoms with E-state index in [9.17, 15) is 9.59 Å². The van der Waals surface area contributed by atoms with E-state index >= 15 is 0 Å². The summed E-state index contributed by atoms with van der Waals surface area (Å²) in [6.45, 7) is 3.80. The number of hydrogen-bond donors (Lipinski definition) is 2. The summed E-state index contributed by atoms with van der Waals surface area (Å²) in [5.74, 6) is -0.200. The molecule has 0 unspecified atom stereocenters. The van der Waals surface area contributed by atoms with E-state index in [2.05, 4.69) is 20.6 Å². The maximum Gasteiger partial charge on any atom is 0.251 e. The Morgan fingerprint density at radius 1 is 1.00 bits per heavy atom. The van der Waals surface area contributed by atoms with E-state index in [1.54, 1.807) is 29.7 Å². The molecule has 1 atom stereocenters. The quantitative estimate of drug-likeness (QED) is 0.401. The number of thiazole rings is 1. The molecule has 2 N–H and O–H groups in total. The van der Waals surface area contributed by atoms with Crippen LogP contribution in [-0.2, 0) is 4.79 Å². The van der Waals surface area contributed by atoms with Gasteiger partial charge in [-0.3, -0.25) is 4.79 Å². The molecule has 7 heteroatoms. The first-order chi connectivity index (χ1) is 15.0. The van der Waals surface area contributed by atoms with Gasteiger partial charge in [0, 0.05) is 17.4 Å². The van der Waals surface area contributed by atoms with Crippen LogP contribution in [0.5, 0.6) is 0 Å². The van der Waals surface area contributed by atoms with E-state index < -0.39 is 6.04 Å². The number of hydrogen-bond acceptors (Lipinski definition) is 6. The van der Waals surface area contributed by atoms with Crippen LogP contribution >= 0.6 is 11.3 Å². The van der Waals surface area contributed by atoms with Crippen molar-refractivity contribution in [3.05, 3.63) is 72.4 Å². The first kappa shape index (κ1) is 20.7. The van der Waals surface area contributed by atoms with E-state index in [4.69, 9.17) is 0 Å². The van der Waals surface area contributed by atoms with Crippen molar-refractivity contribution in [1.29, 1.82) is 0 Å². The molecule has 0 spiro atoms. The molecule has 31 heavy (non-hydrogen) atoms. The molecule has 0 saturated heterocycles. The van der Waals surface area contributed by atoms with Crippen LogP contribution in [0.1, 0.15) is 24.2 Å². The van der Waals surface area contributed by atoms with Crippen LogP contribution < -0.4 is 10.6 Å². The minimum Gasteiger partial charge on any atom is -0.342 e. The number of carbonyl (C=O) groups is 2. The smallest absolute Gasteiger partial charge is 0.251 e. The molecule has 0 aliphatic rings. The third-order valence-corrected chi connectivity index (χ3v) is 5.87. The zero-order valence-corrected chi connectivity index (χ0v) is 18.0. The largest absolute Gasteiger partial charge is 0.342 e. The zero-order chi connectivity index (χ0) is 21.8. The number of benzene rings is 2. The Bertz CT molecular complexity index is 1170. The van der Waals surface area contributed by atoms with E-state index in [1.165, 1.54) is 0 Å². The number of aldehydes is 1.